The molecule has 1 saturated heterocycles. The molecule has 1 aliphatic heterocycles. The zero-order valence-electron chi connectivity index (χ0n) is 11.6. The number of ether oxygens (including phenoxy) is 1. The van der Waals surface area contributed by atoms with E-state index >= 15 is 0 Å². The van der Waals surface area contributed by atoms with Gasteiger partial charge in [-0.15, -0.1) is 12.4 Å². The van der Waals surface area contributed by atoms with Gasteiger partial charge in [0.25, 0.3) is 0 Å². The molecule has 0 amide bonds. The van der Waals surface area contributed by atoms with Gasteiger partial charge in [0, 0.05) is 26.7 Å². The number of hydrogen-bond acceptors (Lipinski definition) is 3. The van der Waals surface area contributed by atoms with Crippen molar-refractivity contribution in [1.82, 2.24) is 10.2 Å². The van der Waals surface area contributed by atoms with Crippen LogP contribution >= 0.6 is 12.4 Å². The lowest BCUT2D eigenvalue weighted by Gasteiger charge is -2.31. The minimum absolute atomic E-state index is 0. The molecule has 1 heterocycles. The summed E-state index contributed by atoms with van der Waals surface area (Å²) in [5, 5.41) is 3.43. The molecule has 0 saturated carbocycles. The molecule has 0 bridgehead atoms. The Morgan fingerprint density at radius 1 is 1.29 bits per heavy atom. The van der Waals surface area contributed by atoms with E-state index in [0.717, 1.165) is 25.0 Å². The lowest BCUT2D eigenvalue weighted by molar-refractivity contribution is 0.122. The first kappa shape index (κ1) is 17.2. The summed E-state index contributed by atoms with van der Waals surface area (Å²) >= 11 is 0. The van der Waals surface area contributed by atoms with E-state index in [9.17, 15) is 0 Å². The summed E-state index contributed by atoms with van der Waals surface area (Å²) in [6, 6.07) is 0. The minimum Gasteiger partial charge on any atom is -0.383 e. The van der Waals surface area contributed by atoms with Crippen molar-refractivity contribution in [3.05, 3.63) is 0 Å². The minimum atomic E-state index is 0. The summed E-state index contributed by atoms with van der Waals surface area (Å²) in [4.78, 5) is 2.57. The number of nitrogens with one attached hydrogen (secondary N) is 1. The molecule has 1 rings (SSSR count). The smallest absolute Gasteiger partial charge is 0.0589 e. The summed E-state index contributed by atoms with van der Waals surface area (Å²) < 4.78 is 5.19. The third kappa shape index (κ3) is 7.98. The molecule has 0 aliphatic carbocycles. The van der Waals surface area contributed by atoms with Gasteiger partial charge >= 0.3 is 0 Å². The van der Waals surface area contributed by atoms with Crippen molar-refractivity contribution >= 4 is 12.4 Å². The van der Waals surface area contributed by atoms with E-state index in [1.165, 1.54) is 39.0 Å². The molecule has 0 atom stereocenters. The maximum absolute atomic E-state index is 5.19. The molecule has 1 fully saturated rings. The van der Waals surface area contributed by atoms with Crippen molar-refractivity contribution in [3.63, 3.8) is 0 Å². The van der Waals surface area contributed by atoms with Crippen LogP contribution in [0.3, 0.4) is 0 Å². The number of hydrogen-bond donors (Lipinski definition) is 1. The standard InChI is InChI=1S/C13H28N2O.ClH/c1-12(2)10-15(8-9-16-3)11-13-4-6-14-7-5-13;/h12-14H,4-11H2,1-3H3;1H. The number of piperidine rings is 1. The summed E-state index contributed by atoms with van der Waals surface area (Å²) in [5.41, 5.74) is 0. The molecule has 0 radical (unpaired) electrons. The molecule has 0 unspecified atom stereocenters. The van der Waals surface area contributed by atoms with E-state index in [1.807, 2.05) is 0 Å². The molecule has 0 aromatic carbocycles. The van der Waals surface area contributed by atoms with Crippen LogP contribution in [0.2, 0.25) is 0 Å². The molecule has 104 valence electrons. The number of methoxy groups -OCH3 is 1. The first-order valence-corrected chi connectivity index (χ1v) is 6.64. The number of halogens is 1. The Morgan fingerprint density at radius 2 is 1.94 bits per heavy atom. The Morgan fingerprint density at radius 3 is 2.47 bits per heavy atom. The topological polar surface area (TPSA) is 24.5 Å². The zero-order valence-corrected chi connectivity index (χ0v) is 12.4. The molecular weight excluding hydrogens is 236 g/mol. The van der Waals surface area contributed by atoms with Crippen LogP contribution in [0, 0.1) is 11.8 Å². The average Bonchev–Trinajstić information content (AvgIpc) is 2.26. The first-order valence-electron chi connectivity index (χ1n) is 6.64. The highest BCUT2D eigenvalue weighted by atomic mass is 35.5. The maximum Gasteiger partial charge on any atom is 0.0589 e. The van der Waals surface area contributed by atoms with Crippen molar-refractivity contribution in [2.45, 2.75) is 26.7 Å². The molecule has 4 heteroatoms. The molecule has 0 aromatic heterocycles. The summed E-state index contributed by atoms with van der Waals surface area (Å²) in [6.45, 7) is 11.4. The molecule has 17 heavy (non-hydrogen) atoms. The normalized spacial score (nSPS) is 17.5. The SMILES string of the molecule is COCCN(CC(C)C)CC1CCNCC1.Cl. The Kier molecular flexibility index (Phi) is 10.2. The lowest BCUT2D eigenvalue weighted by Crippen LogP contribution is -2.39. The predicted molar refractivity (Wildman–Crippen MR) is 76.0 cm³/mol. The van der Waals surface area contributed by atoms with Gasteiger partial charge in [-0.25, -0.2) is 0 Å². The van der Waals surface area contributed by atoms with Crippen LogP contribution in [-0.2, 0) is 4.74 Å². The fraction of sp³-hybridized carbons (Fsp3) is 1.00. The van der Waals surface area contributed by atoms with Crippen molar-refractivity contribution in [2.75, 3.05) is 46.4 Å². The summed E-state index contributed by atoms with van der Waals surface area (Å²) in [7, 11) is 1.79. The second-order valence-electron chi connectivity index (χ2n) is 5.34. The van der Waals surface area contributed by atoms with Gasteiger partial charge in [-0.2, -0.15) is 0 Å². The van der Waals surface area contributed by atoms with Gasteiger partial charge in [-0.3, -0.25) is 0 Å². The van der Waals surface area contributed by atoms with Gasteiger partial charge in [0.15, 0.2) is 0 Å². The van der Waals surface area contributed by atoms with Crippen LogP contribution in [0.15, 0.2) is 0 Å². The Balaban J connectivity index is 0.00000256. The highest BCUT2D eigenvalue weighted by molar-refractivity contribution is 5.85. The third-order valence-electron chi connectivity index (χ3n) is 3.21. The van der Waals surface area contributed by atoms with Gasteiger partial charge in [-0.1, -0.05) is 13.8 Å². The van der Waals surface area contributed by atoms with Gasteiger partial charge in [0.1, 0.15) is 0 Å². The third-order valence-corrected chi connectivity index (χ3v) is 3.21. The van der Waals surface area contributed by atoms with Crippen molar-refractivity contribution in [2.24, 2.45) is 11.8 Å². The average molecular weight is 265 g/mol. The van der Waals surface area contributed by atoms with Gasteiger partial charge < -0.3 is 15.0 Å². The van der Waals surface area contributed by atoms with Crippen molar-refractivity contribution in [3.8, 4) is 0 Å². The number of rotatable bonds is 7. The molecule has 1 N–H and O–H groups in total. The fourth-order valence-electron chi connectivity index (χ4n) is 2.42. The molecular formula is C13H29ClN2O. The van der Waals surface area contributed by atoms with Gasteiger partial charge in [0.05, 0.1) is 6.61 Å². The van der Waals surface area contributed by atoms with E-state index in [4.69, 9.17) is 4.74 Å². The van der Waals surface area contributed by atoms with E-state index in [-0.39, 0.29) is 12.4 Å². The fourth-order valence-corrected chi connectivity index (χ4v) is 2.42. The van der Waals surface area contributed by atoms with E-state index < -0.39 is 0 Å². The van der Waals surface area contributed by atoms with Gasteiger partial charge in [-0.05, 0) is 37.8 Å². The van der Waals surface area contributed by atoms with Crippen LogP contribution in [-0.4, -0.2) is 51.3 Å². The van der Waals surface area contributed by atoms with Crippen LogP contribution in [0.1, 0.15) is 26.7 Å². The van der Waals surface area contributed by atoms with Gasteiger partial charge in [0.2, 0.25) is 0 Å². The maximum atomic E-state index is 5.19. The van der Waals surface area contributed by atoms with Crippen LogP contribution < -0.4 is 5.32 Å². The highest BCUT2D eigenvalue weighted by Gasteiger charge is 2.17. The zero-order chi connectivity index (χ0) is 11.8. The first-order chi connectivity index (χ1) is 7.72. The van der Waals surface area contributed by atoms with E-state index in [1.54, 1.807) is 7.11 Å². The van der Waals surface area contributed by atoms with E-state index in [2.05, 4.69) is 24.1 Å². The molecule has 3 nitrogen and oxygen atoms in total. The molecule has 1 aliphatic rings. The van der Waals surface area contributed by atoms with Crippen LogP contribution in [0.25, 0.3) is 0 Å². The highest BCUT2D eigenvalue weighted by Crippen LogP contribution is 2.14. The molecule has 0 spiro atoms. The Labute approximate surface area is 113 Å². The quantitative estimate of drug-likeness (QED) is 0.761. The second-order valence-corrected chi connectivity index (χ2v) is 5.34. The van der Waals surface area contributed by atoms with Crippen molar-refractivity contribution < 1.29 is 4.74 Å². The Hall–Kier alpha value is 0.170. The lowest BCUT2D eigenvalue weighted by atomic mass is 9.97. The summed E-state index contributed by atoms with van der Waals surface area (Å²) in [5.74, 6) is 1.63. The van der Waals surface area contributed by atoms with Crippen LogP contribution in [0.4, 0.5) is 0 Å². The Bertz CT molecular complexity index is 173. The molecule has 0 aromatic rings. The number of nitrogens with zero attached hydrogens (tertiary/aromatic N) is 1. The second kappa shape index (κ2) is 10.1. The van der Waals surface area contributed by atoms with Crippen LogP contribution in [0.5, 0.6) is 0 Å². The summed E-state index contributed by atoms with van der Waals surface area (Å²) in [6.07, 6.45) is 2.67. The van der Waals surface area contributed by atoms with Crippen molar-refractivity contribution in [1.29, 1.82) is 0 Å². The monoisotopic (exact) mass is 264 g/mol. The largest absolute Gasteiger partial charge is 0.383 e. The predicted octanol–water partition coefficient (Wildman–Crippen LogP) is 2.01. The van der Waals surface area contributed by atoms with E-state index in [0.29, 0.717) is 0 Å².